The van der Waals surface area contributed by atoms with Crippen LogP contribution in [0, 0.1) is 0 Å². The van der Waals surface area contributed by atoms with Crippen molar-refractivity contribution < 1.29 is 9.84 Å². The molecular formula is C10H22ClNO2. The van der Waals surface area contributed by atoms with Crippen LogP contribution in [0.3, 0.4) is 0 Å². The maximum Gasteiger partial charge on any atom is 0.0602 e. The van der Waals surface area contributed by atoms with E-state index in [1.54, 1.807) is 0 Å². The minimum atomic E-state index is 0.308. The van der Waals surface area contributed by atoms with Crippen molar-refractivity contribution in [3.05, 3.63) is 0 Å². The topological polar surface area (TPSA) is 32.7 Å². The van der Waals surface area contributed by atoms with E-state index in [1.807, 2.05) is 0 Å². The van der Waals surface area contributed by atoms with E-state index in [9.17, 15) is 0 Å². The number of ether oxygens (including phenoxy) is 1. The van der Waals surface area contributed by atoms with Gasteiger partial charge in [0.1, 0.15) is 0 Å². The van der Waals surface area contributed by atoms with Crippen LogP contribution >= 0.6 is 11.6 Å². The van der Waals surface area contributed by atoms with Gasteiger partial charge in [0, 0.05) is 19.0 Å². The van der Waals surface area contributed by atoms with Crippen LogP contribution in [0.25, 0.3) is 0 Å². The molecule has 0 aliphatic carbocycles. The molecule has 4 heteroatoms. The van der Waals surface area contributed by atoms with E-state index < -0.39 is 0 Å². The normalized spacial score (nSPS) is 11.1. The third-order valence-electron chi connectivity index (χ3n) is 2.04. The lowest BCUT2D eigenvalue weighted by molar-refractivity contribution is 0.123. The van der Waals surface area contributed by atoms with Gasteiger partial charge < -0.3 is 14.7 Å². The van der Waals surface area contributed by atoms with Gasteiger partial charge in [0.25, 0.3) is 0 Å². The molecule has 0 spiro atoms. The summed E-state index contributed by atoms with van der Waals surface area (Å²) in [4.78, 5) is 2.24. The second-order valence-electron chi connectivity index (χ2n) is 3.39. The number of aliphatic hydroxyl groups is 1. The van der Waals surface area contributed by atoms with Crippen molar-refractivity contribution in [1.29, 1.82) is 0 Å². The van der Waals surface area contributed by atoms with Crippen LogP contribution in [0.1, 0.15) is 19.3 Å². The fourth-order valence-electron chi connectivity index (χ4n) is 1.16. The Hall–Kier alpha value is 0.170. The van der Waals surface area contributed by atoms with Crippen molar-refractivity contribution in [3.63, 3.8) is 0 Å². The van der Waals surface area contributed by atoms with Gasteiger partial charge in [-0.3, -0.25) is 0 Å². The highest BCUT2D eigenvalue weighted by atomic mass is 35.5. The SMILES string of the molecule is CN(CCCCCO)CCOCCCl. The Morgan fingerprint density at radius 1 is 1.14 bits per heavy atom. The molecule has 0 heterocycles. The molecule has 86 valence electrons. The second kappa shape index (κ2) is 11.2. The number of hydrogen-bond donors (Lipinski definition) is 1. The highest BCUT2D eigenvalue weighted by molar-refractivity contribution is 6.17. The van der Waals surface area contributed by atoms with E-state index in [0.29, 0.717) is 19.1 Å². The summed E-state index contributed by atoms with van der Waals surface area (Å²) in [6.07, 6.45) is 3.16. The maximum atomic E-state index is 8.59. The number of halogens is 1. The molecule has 0 unspecified atom stereocenters. The van der Waals surface area contributed by atoms with Gasteiger partial charge in [-0.25, -0.2) is 0 Å². The summed E-state index contributed by atoms with van der Waals surface area (Å²) in [6, 6.07) is 0. The third-order valence-corrected chi connectivity index (χ3v) is 2.19. The fraction of sp³-hybridized carbons (Fsp3) is 1.00. The van der Waals surface area contributed by atoms with Crippen molar-refractivity contribution in [3.8, 4) is 0 Å². The standard InChI is InChI=1S/C10H22ClNO2/c1-12(6-3-2-4-8-13)7-10-14-9-5-11/h13H,2-10H2,1H3. The Kier molecular flexibility index (Phi) is 11.4. The van der Waals surface area contributed by atoms with E-state index in [1.165, 1.54) is 0 Å². The average Bonchev–Trinajstić information content (AvgIpc) is 2.19. The van der Waals surface area contributed by atoms with Gasteiger partial charge in [0.15, 0.2) is 0 Å². The molecule has 0 fully saturated rings. The predicted octanol–water partition coefficient (Wildman–Crippen LogP) is 1.34. The first kappa shape index (κ1) is 14.2. The fourth-order valence-corrected chi connectivity index (χ4v) is 1.27. The van der Waals surface area contributed by atoms with E-state index in [0.717, 1.165) is 39.0 Å². The molecule has 0 saturated carbocycles. The quantitative estimate of drug-likeness (QED) is 0.448. The zero-order valence-electron chi connectivity index (χ0n) is 9.04. The summed E-state index contributed by atoms with van der Waals surface area (Å²) in [7, 11) is 2.09. The first-order valence-electron chi connectivity index (χ1n) is 5.24. The Balaban J connectivity index is 3.07. The molecule has 0 aliphatic rings. The van der Waals surface area contributed by atoms with Gasteiger partial charge in [-0.15, -0.1) is 11.6 Å². The molecule has 1 N–H and O–H groups in total. The summed E-state index contributed by atoms with van der Waals surface area (Å²) in [5, 5.41) is 8.59. The Morgan fingerprint density at radius 2 is 1.93 bits per heavy atom. The number of rotatable bonds is 10. The van der Waals surface area contributed by atoms with E-state index in [4.69, 9.17) is 21.4 Å². The van der Waals surface area contributed by atoms with Crippen molar-refractivity contribution in [2.75, 3.05) is 45.8 Å². The summed E-state index contributed by atoms with van der Waals surface area (Å²) in [6.45, 7) is 3.73. The van der Waals surface area contributed by atoms with Crippen LogP contribution in [0.2, 0.25) is 0 Å². The van der Waals surface area contributed by atoms with E-state index >= 15 is 0 Å². The highest BCUT2D eigenvalue weighted by Crippen LogP contribution is 1.96. The van der Waals surface area contributed by atoms with Crippen LogP contribution in [-0.4, -0.2) is 55.8 Å². The summed E-state index contributed by atoms with van der Waals surface area (Å²) >= 11 is 5.47. The van der Waals surface area contributed by atoms with Gasteiger partial charge >= 0.3 is 0 Å². The molecule has 0 radical (unpaired) electrons. The molecule has 0 aliphatic heterocycles. The molecular weight excluding hydrogens is 202 g/mol. The smallest absolute Gasteiger partial charge is 0.0602 e. The van der Waals surface area contributed by atoms with Gasteiger partial charge in [-0.1, -0.05) is 0 Å². The lowest BCUT2D eigenvalue weighted by Crippen LogP contribution is -2.24. The van der Waals surface area contributed by atoms with Crippen LogP contribution in [-0.2, 0) is 4.74 Å². The predicted molar refractivity (Wildman–Crippen MR) is 60.0 cm³/mol. The minimum absolute atomic E-state index is 0.308. The van der Waals surface area contributed by atoms with Crippen LogP contribution in [0.5, 0.6) is 0 Å². The third kappa shape index (κ3) is 10.3. The Labute approximate surface area is 92.0 Å². The summed E-state index contributed by atoms with van der Waals surface area (Å²) in [5.74, 6) is 0.570. The first-order chi connectivity index (χ1) is 6.81. The van der Waals surface area contributed by atoms with Crippen LogP contribution in [0.15, 0.2) is 0 Å². The molecule has 0 aromatic rings. The number of hydrogen-bond acceptors (Lipinski definition) is 3. The minimum Gasteiger partial charge on any atom is -0.396 e. The second-order valence-corrected chi connectivity index (χ2v) is 3.77. The molecule has 0 saturated heterocycles. The lowest BCUT2D eigenvalue weighted by atomic mass is 10.2. The van der Waals surface area contributed by atoms with Gasteiger partial charge in [-0.05, 0) is 32.9 Å². The van der Waals surface area contributed by atoms with Crippen molar-refractivity contribution in [2.24, 2.45) is 0 Å². The van der Waals surface area contributed by atoms with Gasteiger partial charge in [0.2, 0.25) is 0 Å². The Morgan fingerprint density at radius 3 is 2.57 bits per heavy atom. The van der Waals surface area contributed by atoms with Gasteiger partial charge in [0.05, 0.1) is 13.2 Å². The van der Waals surface area contributed by atoms with Crippen molar-refractivity contribution >= 4 is 11.6 Å². The number of nitrogens with zero attached hydrogens (tertiary/aromatic N) is 1. The van der Waals surface area contributed by atoms with Crippen LogP contribution in [0.4, 0.5) is 0 Å². The summed E-state index contributed by atoms with van der Waals surface area (Å²) in [5.41, 5.74) is 0. The lowest BCUT2D eigenvalue weighted by Gasteiger charge is -2.15. The summed E-state index contributed by atoms with van der Waals surface area (Å²) < 4.78 is 5.27. The van der Waals surface area contributed by atoms with E-state index in [2.05, 4.69) is 11.9 Å². The van der Waals surface area contributed by atoms with Crippen molar-refractivity contribution in [2.45, 2.75) is 19.3 Å². The molecule has 0 amide bonds. The van der Waals surface area contributed by atoms with E-state index in [-0.39, 0.29) is 0 Å². The maximum absolute atomic E-state index is 8.59. The zero-order valence-corrected chi connectivity index (χ0v) is 9.80. The highest BCUT2D eigenvalue weighted by Gasteiger charge is 1.97. The number of alkyl halides is 1. The number of likely N-dealkylation sites (N-methyl/N-ethyl adjacent to an activating group) is 1. The molecule has 0 bridgehead atoms. The Bertz CT molecular complexity index is 102. The monoisotopic (exact) mass is 223 g/mol. The molecule has 0 atom stereocenters. The van der Waals surface area contributed by atoms with Gasteiger partial charge in [-0.2, -0.15) is 0 Å². The molecule has 0 aromatic carbocycles. The molecule has 14 heavy (non-hydrogen) atoms. The van der Waals surface area contributed by atoms with Crippen molar-refractivity contribution in [1.82, 2.24) is 4.90 Å². The first-order valence-corrected chi connectivity index (χ1v) is 5.78. The molecule has 3 nitrogen and oxygen atoms in total. The molecule has 0 aromatic heterocycles. The number of aliphatic hydroxyl groups excluding tert-OH is 1. The zero-order chi connectivity index (χ0) is 10.6. The number of unbranched alkanes of at least 4 members (excludes halogenated alkanes) is 2. The van der Waals surface area contributed by atoms with Crippen LogP contribution < -0.4 is 0 Å². The molecule has 0 rings (SSSR count). The largest absolute Gasteiger partial charge is 0.396 e. The average molecular weight is 224 g/mol.